The molecule has 1 atom stereocenters. The Labute approximate surface area is 97.1 Å². The van der Waals surface area contributed by atoms with Gasteiger partial charge in [-0.1, -0.05) is 38.0 Å². The molecular weight excluding hydrogens is 198 g/mol. The molecule has 0 aromatic heterocycles. The van der Waals surface area contributed by atoms with E-state index in [9.17, 15) is 4.79 Å². The maximum atomic E-state index is 12.0. The van der Waals surface area contributed by atoms with Gasteiger partial charge >= 0.3 is 0 Å². The van der Waals surface area contributed by atoms with Crippen LogP contribution in [0.2, 0.25) is 0 Å². The van der Waals surface area contributed by atoms with E-state index in [1.54, 1.807) is 0 Å². The molecule has 86 valence electrons. The van der Waals surface area contributed by atoms with E-state index in [1.165, 1.54) is 18.4 Å². The summed E-state index contributed by atoms with van der Waals surface area (Å²) in [5.41, 5.74) is 1.97. The Morgan fingerprint density at radius 1 is 1.38 bits per heavy atom. The first-order chi connectivity index (χ1) is 7.64. The Balaban J connectivity index is 2.23. The molecule has 1 aromatic carbocycles. The van der Waals surface area contributed by atoms with Crippen molar-refractivity contribution in [1.29, 1.82) is 0 Å². The Morgan fingerprint density at radius 3 is 2.88 bits per heavy atom. The summed E-state index contributed by atoms with van der Waals surface area (Å²) in [7, 11) is 0. The molecule has 0 unspecified atom stereocenters. The molecule has 0 aliphatic carbocycles. The zero-order valence-corrected chi connectivity index (χ0v) is 10.0. The largest absolute Gasteiger partial charge is 0.347 e. The summed E-state index contributed by atoms with van der Waals surface area (Å²) in [5.74, 6) is 0.0838. The second-order valence-electron chi connectivity index (χ2n) is 4.95. The lowest BCUT2D eigenvalue weighted by Gasteiger charge is -2.35. The average Bonchev–Trinajstić information content (AvgIpc) is 2.26. The highest BCUT2D eigenvalue weighted by molar-refractivity contribution is 5.97. The number of amides is 1. The molecule has 0 spiro atoms. The summed E-state index contributed by atoms with van der Waals surface area (Å²) in [4.78, 5) is 12.0. The molecule has 0 radical (unpaired) electrons. The van der Waals surface area contributed by atoms with E-state index in [1.807, 2.05) is 18.2 Å². The van der Waals surface area contributed by atoms with Crippen molar-refractivity contribution in [3.05, 3.63) is 35.4 Å². The van der Waals surface area contributed by atoms with E-state index in [2.05, 4.69) is 25.2 Å². The summed E-state index contributed by atoms with van der Waals surface area (Å²) in [5, 5.41) is 3.14. The summed E-state index contributed by atoms with van der Waals surface area (Å²) < 4.78 is 0. The number of hydrogen-bond acceptors (Lipinski definition) is 1. The van der Waals surface area contributed by atoms with Crippen molar-refractivity contribution < 1.29 is 4.79 Å². The lowest BCUT2D eigenvalue weighted by molar-refractivity contribution is 0.0881. The van der Waals surface area contributed by atoms with Gasteiger partial charge in [-0.15, -0.1) is 0 Å². The van der Waals surface area contributed by atoms with Gasteiger partial charge in [0.1, 0.15) is 0 Å². The highest BCUT2D eigenvalue weighted by Gasteiger charge is 2.32. The number of carbonyl (C=O) groups is 1. The van der Waals surface area contributed by atoms with Gasteiger partial charge < -0.3 is 5.32 Å². The van der Waals surface area contributed by atoms with Gasteiger partial charge in [-0.2, -0.15) is 0 Å². The third-order valence-electron chi connectivity index (χ3n) is 3.34. The zero-order valence-electron chi connectivity index (χ0n) is 10.0. The van der Waals surface area contributed by atoms with Crippen LogP contribution in [0.25, 0.3) is 0 Å². The minimum absolute atomic E-state index is 0.0541. The van der Waals surface area contributed by atoms with Crippen LogP contribution in [0.15, 0.2) is 24.3 Å². The van der Waals surface area contributed by atoms with Crippen molar-refractivity contribution in [2.24, 2.45) is 0 Å². The van der Waals surface area contributed by atoms with Crippen LogP contribution >= 0.6 is 0 Å². The van der Waals surface area contributed by atoms with E-state index >= 15 is 0 Å². The van der Waals surface area contributed by atoms with E-state index in [-0.39, 0.29) is 11.4 Å². The summed E-state index contributed by atoms with van der Waals surface area (Å²) >= 11 is 0. The molecule has 0 fully saturated rings. The Morgan fingerprint density at radius 2 is 2.12 bits per heavy atom. The predicted octanol–water partition coefficient (Wildman–Crippen LogP) is 2.92. The normalized spacial score (nSPS) is 23.8. The molecular formula is C14H19NO. The molecule has 1 aromatic rings. The van der Waals surface area contributed by atoms with E-state index in [4.69, 9.17) is 0 Å². The maximum absolute atomic E-state index is 12.0. The first-order valence-corrected chi connectivity index (χ1v) is 6.05. The molecule has 2 heteroatoms. The van der Waals surface area contributed by atoms with Crippen LogP contribution in [0, 0.1) is 0 Å². The molecule has 1 amide bonds. The predicted molar refractivity (Wildman–Crippen MR) is 65.5 cm³/mol. The SMILES string of the molecule is CCCC[C@]1(C)Cc2ccccc2C(=O)N1. The summed E-state index contributed by atoms with van der Waals surface area (Å²) in [6.45, 7) is 4.33. The van der Waals surface area contributed by atoms with Crippen LogP contribution in [-0.4, -0.2) is 11.4 Å². The molecule has 0 saturated carbocycles. The molecule has 1 heterocycles. The van der Waals surface area contributed by atoms with Gasteiger partial charge in [-0.05, 0) is 31.4 Å². The number of benzene rings is 1. The first-order valence-electron chi connectivity index (χ1n) is 6.05. The molecule has 1 N–H and O–H groups in total. The third kappa shape index (κ3) is 2.11. The molecule has 0 saturated heterocycles. The quantitative estimate of drug-likeness (QED) is 0.828. The van der Waals surface area contributed by atoms with Crippen LogP contribution in [-0.2, 0) is 6.42 Å². The second-order valence-corrected chi connectivity index (χ2v) is 4.95. The number of unbranched alkanes of at least 4 members (excludes halogenated alkanes) is 1. The Hall–Kier alpha value is -1.31. The molecule has 1 aliphatic rings. The number of fused-ring (bicyclic) bond motifs is 1. The van der Waals surface area contributed by atoms with Crippen molar-refractivity contribution >= 4 is 5.91 Å². The lowest BCUT2D eigenvalue weighted by Crippen LogP contribution is -2.51. The van der Waals surface area contributed by atoms with E-state index in [0.29, 0.717) is 0 Å². The maximum Gasteiger partial charge on any atom is 0.251 e. The average molecular weight is 217 g/mol. The van der Waals surface area contributed by atoms with Crippen LogP contribution in [0.3, 0.4) is 0 Å². The second kappa shape index (κ2) is 4.28. The topological polar surface area (TPSA) is 29.1 Å². The molecule has 2 nitrogen and oxygen atoms in total. The third-order valence-corrected chi connectivity index (χ3v) is 3.34. The minimum Gasteiger partial charge on any atom is -0.347 e. The number of carbonyl (C=O) groups excluding carboxylic acids is 1. The molecule has 2 rings (SSSR count). The van der Waals surface area contributed by atoms with Gasteiger partial charge in [0.15, 0.2) is 0 Å². The number of rotatable bonds is 3. The van der Waals surface area contributed by atoms with Crippen molar-refractivity contribution in [3.8, 4) is 0 Å². The van der Waals surface area contributed by atoms with Crippen LogP contribution < -0.4 is 5.32 Å². The van der Waals surface area contributed by atoms with Crippen LogP contribution in [0.5, 0.6) is 0 Å². The van der Waals surface area contributed by atoms with Gasteiger partial charge in [0.25, 0.3) is 5.91 Å². The van der Waals surface area contributed by atoms with Crippen LogP contribution in [0.1, 0.15) is 49.0 Å². The molecule has 16 heavy (non-hydrogen) atoms. The Bertz CT molecular complexity index is 399. The lowest BCUT2D eigenvalue weighted by atomic mass is 9.82. The van der Waals surface area contributed by atoms with Gasteiger partial charge in [-0.25, -0.2) is 0 Å². The fraction of sp³-hybridized carbons (Fsp3) is 0.500. The van der Waals surface area contributed by atoms with Gasteiger partial charge in [-0.3, -0.25) is 4.79 Å². The summed E-state index contributed by atoms with van der Waals surface area (Å²) in [6, 6.07) is 7.91. The summed E-state index contributed by atoms with van der Waals surface area (Å²) in [6.07, 6.45) is 4.35. The minimum atomic E-state index is -0.0541. The highest BCUT2D eigenvalue weighted by atomic mass is 16.1. The number of hydrogen-bond donors (Lipinski definition) is 1. The Kier molecular flexibility index (Phi) is 2.99. The molecule has 0 bridgehead atoms. The molecule has 1 aliphatic heterocycles. The highest BCUT2D eigenvalue weighted by Crippen LogP contribution is 2.26. The first kappa shape index (κ1) is 11.2. The van der Waals surface area contributed by atoms with E-state index in [0.717, 1.165) is 18.4 Å². The van der Waals surface area contributed by atoms with Crippen LogP contribution in [0.4, 0.5) is 0 Å². The van der Waals surface area contributed by atoms with Crippen molar-refractivity contribution in [2.45, 2.75) is 45.1 Å². The van der Waals surface area contributed by atoms with Crippen molar-refractivity contribution in [1.82, 2.24) is 5.32 Å². The van der Waals surface area contributed by atoms with Crippen molar-refractivity contribution in [2.75, 3.05) is 0 Å². The monoisotopic (exact) mass is 217 g/mol. The standard InChI is InChI=1S/C14H19NO/c1-3-4-9-14(2)10-11-7-5-6-8-12(11)13(16)15-14/h5-8H,3-4,9-10H2,1-2H3,(H,15,16)/t14-/m1/s1. The van der Waals surface area contributed by atoms with E-state index < -0.39 is 0 Å². The fourth-order valence-corrected chi connectivity index (χ4v) is 2.42. The van der Waals surface area contributed by atoms with Crippen molar-refractivity contribution in [3.63, 3.8) is 0 Å². The van der Waals surface area contributed by atoms with Gasteiger partial charge in [0.2, 0.25) is 0 Å². The van der Waals surface area contributed by atoms with Gasteiger partial charge in [0, 0.05) is 11.1 Å². The fourth-order valence-electron chi connectivity index (χ4n) is 2.42. The zero-order chi connectivity index (χ0) is 11.6. The number of nitrogens with one attached hydrogen (secondary N) is 1. The smallest absolute Gasteiger partial charge is 0.251 e. The van der Waals surface area contributed by atoms with Gasteiger partial charge in [0.05, 0.1) is 0 Å².